The lowest BCUT2D eigenvalue weighted by Crippen LogP contribution is -2.23. The molecular weight excluding hydrogens is 199 g/mol. The van der Waals surface area contributed by atoms with Crippen LogP contribution in [-0.4, -0.2) is 11.1 Å². The van der Waals surface area contributed by atoms with Crippen molar-refractivity contribution in [2.24, 2.45) is 5.73 Å². The third-order valence-corrected chi connectivity index (χ3v) is 1.66. The third kappa shape index (κ3) is 1.69. The first kappa shape index (κ1) is 10.5. The van der Waals surface area contributed by atoms with Crippen LogP contribution >= 0.6 is 0 Å². The molecule has 0 aliphatic rings. The number of carboxylic acid groups (broad SMARTS) is 1. The van der Waals surface area contributed by atoms with Crippen molar-refractivity contribution in [3.05, 3.63) is 35.1 Å². The van der Waals surface area contributed by atoms with E-state index < -0.39 is 35.0 Å². The molecule has 76 valence electrons. The van der Waals surface area contributed by atoms with Gasteiger partial charge in [0.2, 0.25) is 0 Å². The van der Waals surface area contributed by atoms with Gasteiger partial charge in [0.1, 0.15) is 11.9 Å². The first-order valence-electron chi connectivity index (χ1n) is 3.57. The van der Waals surface area contributed by atoms with Crippen LogP contribution in [0.3, 0.4) is 0 Å². The maximum absolute atomic E-state index is 12.9. The summed E-state index contributed by atoms with van der Waals surface area (Å²) in [6.07, 6.45) is 0. The highest BCUT2D eigenvalue weighted by molar-refractivity contribution is 5.75. The van der Waals surface area contributed by atoms with Crippen LogP contribution in [0.2, 0.25) is 0 Å². The minimum Gasteiger partial charge on any atom is -0.480 e. The van der Waals surface area contributed by atoms with Crippen LogP contribution in [-0.2, 0) is 4.79 Å². The Morgan fingerprint density at radius 3 is 2.29 bits per heavy atom. The van der Waals surface area contributed by atoms with E-state index in [1.807, 2.05) is 0 Å². The fraction of sp³-hybridized carbons (Fsp3) is 0.125. The van der Waals surface area contributed by atoms with Crippen LogP contribution in [0.1, 0.15) is 11.6 Å². The molecule has 3 N–H and O–H groups in total. The zero-order chi connectivity index (χ0) is 10.9. The van der Waals surface area contributed by atoms with Crippen molar-refractivity contribution in [2.45, 2.75) is 6.04 Å². The van der Waals surface area contributed by atoms with Gasteiger partial charge in [-0.25, -0.2) is 13.2 Å². The standard InChI is InChI=1S/C8H6F3NO2/c9-3-1-2-4(10)6(11)5(3)7(12)8(13)14/h1-2,7H,12H2,(H,13,14). The van der Waals surface area contributed by atoms with Gasteiger partial charge in [-0.15, -0.1) is 0 Å². The molecule has 0 bridgehead atoms. The molecule has 0 spiro atoms. The summed E-state index contributed by atoms with van der Waals surface area (Å²) in [4.78, 5) is 10.3. The van der Waals surface area contributed by atoms with Crippen molar-refractivity contribution in [3.8, 4) is 0 Å². The highest BCUT2D eigenvalue weighted by atomic mass is 19.2. The van der Waals surface area contributed by atoms with E-state index in [4.69, 9.17) is 10.8 Å². The van der Waals surface area contributed by atoms with Gasteiger partial charge >= 0.3 is 5.97 Å². The van der Waals surface area contributed by atoms with Crippen LogP contribution in [0.4, 0.5) is 13.2 Å². The minimum atomic E-state index is -1.91. The molecule has 0 radical (unpaired) electrons. The van der Waals surface area contributed by atoms with E-state index in [1.54, 1.807) is 0 Å². The highest BCUT2D eigenvalue weighted by Gasteiger charge is 2.24. The van der Waals surface area contributed by atoms with Crippen molar-refractivity contribution >= 4 is 5.97 Å². The summed E-state index contributed by atoms with van der Waals surface area (Å²) in [6.45, 7) is 0. The zero-order valence-corrected chi connectivity index (χ0v) is 6.80. The molecule has 1 rings (SSSR count). The molecule has 0 aromatic heterocycles. The molecular formula is C8H6F3NO2. The largest absolute Gasteiger partial charge is 0.480 e. The molecule has 1 aromatic carbocycles. The molecule has 1 unspecified atom stereocenters. The lowest BCUT2D eigenvalue weighted by molar-refractivity contribution is -0.138. The van der Waals surface area contributed by atoms with Gasteiger partial charge in [-0.3, -0.25) is 4.79 Å². The molecule has 1 atom stereocenters. The molecule has 14 heavy (non-hydrogen) atoms. The van der Waals surface area contributed by atoms with Crippen molar-refractivity contribution in [1.82, 2.24) is 0 Å². The fourth-order valence-electron chi connectivity index (χ4n) is 0.951. The van der Waals surface area contributed by atoms with E-state index in [1.165, 1.54) is 0 Å². The zero-order valence-electron chi connectivity index (χ0n) is 6.80. The first-order valence-corrected chi connectivity index (χ1v) is 3.57. The number of rotatable bonds is 2. The van der Waals surface area contributed by atoms with E-state index in [0.717, 1.165) is 0 Å². The molecule has 0 aliphatic heterocycles. The Bertz CT molecular complexity index is 381. The molecule has 0 amide bonds. The summed E-state index contributed by atoms with van der Waals surface area (Å²) in [5.74, 6) is -5.72. The average molecular weight is 205 g/mol. The van der Waals surface area contributed by atoms with Gasteiger partial charge in [0, 0.05) is 0 Å². The number of halogens is 3. The number of hydrogen-bond donors (Lipinski definition) is 2. The van der Waals surface area contributed by atoms with E-state index in [0.29, 0.717) is 12.1 Å². The van der Waals surface area contributed by atoms with Crippen LogP contribution in [0.15, 0.2) is 12.1 Å². The molecule has 0 aliphatic carbocycles. The lowest BCUT2D eigenvalue weighted by atomic mass is 10.1. The Balaban J connectivity index is 3.32. The van der Waals surface area contributed by atoms with E-state index in [-0.39, 0.29) is 0 Å². The molecule has 1 aromatic rings. The summed E-state index contributed by atoms with van der Waals surface area (Å²) in [5.41, 5.74) is 3.99. The lowest BCUT2D eigenvalue weighted by Gasteiger charge is -2.09. The Kier molecular flexibility index (Phi) is 2.76. The summed E-state index contributed by atoms with van der Waals surface area (Å²) in [5, 5.41) is 8.39. The van der Waals surface area contributed by atoms with Gasteiger partial charge in [-0.1, -0.05) is 0 Å². The average Bonchev–Trinajstić information content (AvgIpc) is 2.12. The molecule has 0 saturated heterocycles. The number of nitrogens with two attached hydrogens (primary N) is 1. The van der Waals surface area contributed by atoms with Gasteiger partial charge in [-0.05, 0) is 12.1 Å². The van der Waals surface area contributed by atoms with Gasteiger partial charge in [0.05, 0.1) is 5.56 Å². The first-order chi connectivity index (χ1) is 6.45. The number of aliphatic carboxylic acids is 1. The van der Waals surface area contributed by atoms with Crippen LogP contribution in [0, 0.1) is 17.5 Å². The smallest absolute Gasteiger partial charge is 0.325 e. The fourth-order valence-corrected chi connectivity index (χ4v) is 0.951. The predicted molar refractivity (Wildman–Crippen MR) is 40.9 cm³/mol. The highest BCUT2D eigenvalue weighted by Crippen LogP contribution is 2.21. The molecule has 0 fully saturated rings. The van der Waals surface area contributed by atoms with E-state index in [2.05, 4.69) is 0 Å². The number of hydrogen-bond acceptors (Lipinski definition) is 2. The minimum absolute atomic E-state index is 0.558. The monoisotopic (exact) mass is 205 g/mol. The maximum Gasteiger partial charge on any atom is 0.325 e. The number of carboxylic acids is 1. The summed E-state index contributed by atoms with van der Waals surface area (Å²) < 4.78 is 38.4. The molecule has 3 nitrogen and oxygen atoms in total. The Labute approximate surface area is 77.0 Å². The predicted octanol–water partition coefficient (Wildman–Crippen LogP) is 1.19. The van der Waals surface area contributed by atoms with Crippen molar-refractivity contribution < 1.29 is 23.1 Å². The van der Waals surface area contributed by atoms with Crippen molar-refractivity contribution in [1.29, 1.82) is 0 Å². The molecule has 0 heterocycles. The van der Waals surface area contributed by atoms with Gasteiger partial charge in [0.25, 0.3) is 0 Å². The van der Waals surface area contributed by atoms with E-state index >= 15 is 0 Å². The Morgan fingerprint density at radius 2 is 1.79 bits per heavy atom. The second-order valence-electron chi connectivity index (χ2n) is 2.57. The third-order valence-electron chi connectivity index (χ3n) is 1.66. The van der Waals surface area contributed by atoms with Crippen LogP contribution < -0.4 is 5.73 Å². The molecule has 0 saturated carbocycles. The summed E-state index contributed by atoms with van der Waals surface area (Å²) in [7, 11) is 0. The van der Waals surface area contributed by atoms with Crippen molar-refractivity contribution in [3.63, 3.8) is 0 Å². The van der Waals surface area contributed by atoms with Gasteiger partial charge in [0.15, 0.2) is 11.6 Å². The van der Waals surface area contributed by atoms with Crippen molar-refractivity contribution in [2.75, 3.05) is 0 Å². The second-order valence-corrected chi connectivity index (χ2v) is 2.57. The second kappa shape index (κ2) is 3.67. The number of carbonyl (C=O) groups is 1. The normalized spacial score (nSPS) is 12.6. The maximum atomic E-state index is 12.9. The molecule has 6 heteroatoms. The van der Waals surface area contributed by atoms with E-state index in [9.17, 15) is 18.0 Å². The summed E-state index contributed by atoms with van der Waals surface area (Å²) >= 11 is 0. The van der Waals surface area contributed by atoms with Crippen LogP contribution in [0.25, 0.3) is 0 Å². The summed E-state index contributed by atoms with van der Waals surface area (Å²) in [6, 6.07) is -0.732. The Morgan fingerprint density at radius 1 is 1.29 bits per heavy atom. The number of benzene rings is 1. The topological polar surface area (TPSA) is 63.3 Å². The SMILES string of the molecule is NC(C(=O)O)c1c(F)ccc(F)c1F. The quantitative estimate of drug-likeness (QED) is 0.713. The Hall–Kier alpha value is -1.56. The van der Waals surface area contributed by atoms with Gasteiger partial charge in [-0.2, -0.15) is 0 Å². The van der Waals surface area contributed by atoms with Crippen LogP contribution in [0.5, 0.6) is 0 Å². The van der Waals surface area contributed by atoms with Gasteiger partial charge < -0.3 is 10.8 Å².